The summed E-state index contributed by atoms with van der Waals surface area (Å²) in [5, 5.41) is 2.84. The molecule has 20 heavy (non-hydrogen) atoms. The Balaban J connectivity index is 2.48. The van der Waals surface area contributed by atoms with Crippen LogP contribution in [0.4, 0.5) is 4.79 Å². The third-order valence-corrected chi connectivity index (χ3v) is 3.42. The highest BCUT2D eigenvalue weighted by Gasteiger charge is 2.19. The predicted octanol–water partition coefficient (Wildman–Crippen LogP) is 4.26. The average Bonchev–Trinajstić information content (AvgIpc) is 2.34. The first-order chi connectivity index (χ1) is 9.19. The summed E-state index contributed by atoms with van der Waals surface area (Å²) >= 11 is 0. The van der Waals surface area contributed by atoms with E-state index in [9.17, 15) is 4.79 Å². The van der Waals surface area contributed by atoms with Crippen LogP contribution in [0.2, 0.25) is 0 Å². The number of hydrogen-bond donors (Lipinski definition) is 1. The molecule has 112 valence electrons. The van der Waals surface area contributed by atoms with E-state index in [-0.39, 0.29) is 6.09 Å². The summed E-state index contributed by atoms with van der Waals surface area (Å²) in [7, 11) is 0. The van der Waals surface area contributed by atoms with Gasteiger partial charge in [-0.1, -0.05) is 43.7 Å². The lowest BCUT2D eigenvalue weighted by atomic mass is 9.88. The average molecular weight is 277 g/mol. The molecule has 1 aromatic rings. The van der Waals surface area contributed by atoms with Crippen LogP contribution in [0.5, 0.6) is 0 Å². The fourth-order valence-corrected chi connectivity index (χ4v) is 1.93. The third kappa shape index (κ3) is 5.64. The zero-order valence-electron chi connectivity index (χ0n) is 13.5. The molecular formula is C17H27NO2. The van der Waals surface area contributed by atoms with Gasteiger partial charge in [0.1, 0.15) is 5.60 Å². The maximum atomic E-state index is 11.6. The number of amides is 1. The maximum Gasteiger partial charge on any atom is 0.407 e. The van der Waals surface area contributed by atoms with Gasteiger partial charge in [0.2, 0.25) is 0 Å². The summed E-state index contributed by atoms with van der Waals surface area (Å²) in [5.41, 5.74) is 2.12. The number of rotatable bonds is 4. The van der Waals surface area contributed by atoms with E-state index in [2.05, 4.69) is 50.4 Å². The Morgan fingerprint density at radius 1 is 1.20 bits per heavy atom. The standard InChI is InChI=1S/C17H27NO2/c1-12-7-9-15(10-8-12)14(3)13(2)11-18-16(19)20-17(4,5)6/h7-10,13-14H,11H2,1-6H3,(H,18,19). The smallest absolute Gasteiger partial charge is 0.407 e. The minimum Gasteiger partial charge on any atom is -0.444 e. The molecule has 3 heteroatoms. The molecule has 0 aliphatic heterocycles. The predicted molar refractivity (Wildman–Crippen MR) is 83.0 cm³/mol. The first-order valence-corrected chi connectivity index (χ1v) is 7.22. The van der Waals surface area contributed by atoms with Gasteiger partial charge in [0.25, 0.3) is 0 Å². The lowest BCUT2D eigenvalue weighted by Gasteiger charge is -2.23. The van der Waals surface area contributed by atoms with Crippen molar-refractivity contribution in [2.45, 2.75) is 53.1 Å². The van der Waals surface area contributed by atoms with Crippen molar-refractivity contribution in [3.05, 3.63) is 35.4 Å². The summed E-state index contributed by atoms with van der Waals surface area (Å²) in [5.74, 6) is 0.746. The Bertz CT molecular complexity index is 431. The zero-order valence-corrected chi connectivity index (χ0v) is 13.5. The molecule has 0 heterocycles. The van der Waals surface area contributed by atoms with Gasteiger partial charge in [-0.2, -0.15) is 0 Å². The lowest BCUT2D eigenvalue weighted by Crippen LogP contribution is -2.35. The molecule has 1 amide bonds. The Kier molecular flexibility index (Phi) is 5.61. The second kappa shape index (κ2) is 6.78. The number of alkyl carbamates (subject to hydrolysis) is 1. The van der Waals surface area contributed by atoms with Crippen LogP contribution in [0.25, 0.3) is 0 Å². The van der Waals surface area contributed by atoms with Gasteiger partial charge in [-0.15, -0.1) is 0 Å². The summed E-state index contributed by atoms with van der Waals surface area (Å²) in [6.07, 6.45) is -0.347. The zero-order chi connectivity index (χ0) is 15.3. The maximum absolute atomic E-state index is 11.6. The normalized spacial score (nSPS) is 14.5. The second-order valence-electron chi connectivity index (χ2n) is 6.56. The molecule has 0 radical (unpaired) electrons. The second-order valence-corrected chi connectivity index (χ2v) is 6.56. The summed E-state index contributed by atoms with van der Waals surface area (Å²) < 4.78 is 5.24. The number of benzene rings is 1. The van der Waals surface area contributed by atoms with Crippen molar-refractivity contribution in [3.8, 4) is 0 Å². The highest BCUT2D eigenvalue weighted by molar-refractivity contribution is 5.67. The van der Waals surface area contributed by atoms with Crippen LogP contribution in [0.3, 0.4) is 0 Å². The number of carbonyl (C=O) groups is 1. The molecule has 0 aromatic heterocycles. The van der Waals surface area contributed by atoms with E-state index < -0.39 is 5.60 Å². The fourth-order valence-electron chi connectivity index (χ4n) is 1.93. The van der Waals surface area contributed by atoms with Crippen molar-refractivity contribution in [1.82, 2.24) is 5.32 Å². The molecule has 3 nitrogen and oxygen atoms in total. The van der Waals surface area contributed by atoms with Gasteiger partial charge in [0.15, 0.2) is 0 Å². The van der Waals surface area contributed by atoms with Gasteiger partial charge in [-0.25, -0.2) is 4.79 Å². The van der Waals surface area contributed by atoms with Crippen LogP contribution < -0.4 is 5.32 Å². The molecule has 1 aromatic carbocycles. The van der Waals surface area contributed by atoms with Crippen molar-refractivity contribution >= 4 is 6.09 Å². The molecule has 2 unspecified atom stereocenters. The largest absolute Gasteiger partial charge is 0.444 e. The summed E-state index contributed by atoms with van der Waals surface area (Å²) in [6, 6.07) is 8.56. The van der Waals surface area contributed by atoms with Gasteiger partial charge in [-0.3, -0.25) is 0 Å². The first kappa shape index (κ1) is 16.5. The van der Waals surface area contributed by atoms with E-state index in [0.29, 0.717) is 18.4 Å². The lowest BCUT2D eigenvalue weighted by molar-refractivity contribution is 0.0518. The molecule has 0 spiro atoms. The number of carbonyl (C=O) groups excluding carboxylic acids is 1. The van der Waals surface area contributed by atoms with Crippen molar-refractivity contribution in [1.29, 1.82) is 0 Å². The molecule has 0 saturated heterocycles. The van der Waals surface area contributed by atoms with Gasteiger partial charge >= 0.3 is 6.09 Å². The monoisotopic (exact) mass is 277 g/mol. The fraction of sp³-hybridized carbons (Fsp3) is 0.588. The molecule has 1 rings (SSSR count). The Labute approximate surface area is 122 Å². The molecule has 1 N–H and O–H groups in total. The van der Waals surface area contributed by atoms with Crippen molar-refractivity contribution in [2.75, 3.05) is 6.54 Å². The molecule has 0 aliphatic carbocycles. The molecule has 0 aliphatic rings. The van der Waals surface area contributed by atoms with Crippen LogP contribution >= 0.6 is 0 Å². The SMILES string of the molecule is Cc1ccc(C(C)C(C)CNC(=O)OC(C)(C)C)cc1. The molecule has 0 saturated carbocycles. The van der Waals surface area contributed by atoms with Crippen LogP contribution in [0.15, 0.2) is 24.3 Å². The van der Waals surface area contributed by atoms with Gasteiger partial charge in [-0.05, 0) is 45.1 Å². The highest BCUT2D eigenvalue weighted by atomic mass is 16.6. The number of ether oxygens (including phenoxy) is 1. The number of aryl methyl sites for hydroxylation is 1. The van der Waals surface area contributed by atoms with Gasteiger partial charge in [0.05, 0.1) is 0 Å². The van der Waals surface area contributed by atoms with Crippen molar-refractivity contribution in [2.24, 2.45) is 5.92 Å². The Morgan fingerprint density at radius 3 is 2.25 bits per heavy atom. The molecular weight excluding hydrogens is 250 g/mol. The minimum atomic E-state index is -0.449. The minimum absolute atomic E-state index is 0.347. The Hall–Kier alpha value is -1.51. The number of nitrogens with one attached hydrogen (secondary N) is 1. The van der Waals surface area contributed by atoms with E-state index in [1.165, 1.54) is 11.1 Å². The first-order valence-electron chi connectivity index (χ1n) is 7.22. The van der Waals surface area contributed by atoms with E-state index >= 15 is 0 Å². The van der Waals surface area contributed by atoms with E-state index in [4.69, 9.17) is 4.74 Å². The summed E-state index contributed by atoms with van der Waals surface area (Å²) in [6.45, 7) is 12.6. The van der Waals surface area contributed by atoms with Crippen LogP contribution in [-0.2, 0) is 4.74 Å². The quantitative estimate of drug-likeness (QED) is 0.893. The van der Waals surface area contributed by atoms with Crippen molar-refractivity contribution < 1.29 is 9.53 Å². The van der Waals surface area contributed by atoms with Crippen LogP contribution in [-0.4, -0.2) is 18.2 Å². The summed E-state index contributed by atoms with van der Waals surface area (Å²) in [4.78, 5) is 11.6. The highest BCUT2D eigenvalue weighted by Crippen LogP contribution is 2.23. The van der Waals surface area contributed by atoms with Gasteiger partial charge in [0, 0.05) is 6.54 Å². The number of hydrogen-bond acceptors (Lipinski definition) is 2. The van der Waals surface area contributed by atoms with Gasteiger partial charge < -0.3 is 10.1 Å². The topological polar surface area (TPSA) is 38.3 Å². The van der Waals surface area contributed by atoms with Crippen LogP contribution in [0.1, 0.15) is 51.7 Å². The molecule has 2 atom stereocenters. The third-order valence-electron chi connectivity index (χ3n) is 3.42. The molecule has 0 fully saturated rings. The van der Waals surface area contributed by atoms with E-state index in [0.717, 1.165) is 0 Å². The van der Waals surface area contributed by atoms with E-state index in [1.807, 2.05) is 20.8 Å². The van der Waals surface area contributed by atoms with Crippen LogP contribution in [0, 0.1) is 12.8 Å². The van der Waals surface area contributed by atoms with Crippen molar-refractivity contribution in [3.63, 3.8) is 0 Å². The molecule has 0 bridgehead atoms. The van der Waals surface area contributed by atoms with E-state index in [1.54, 1.807) is 0 Å². The Morgan fingerprint density at radius 2 is 1.75 bits per heavy atom.